The highest BCUT2D eigenvalue weighted by Crippen LogP contribution is 2.27. The summed E-state index contributed by atoms with van der Waals surface area (Å²) in [5.74, 6) is -1.24. The van der Waals surface area contributed by atoms with Crippen LogP contribution in [0.5, 0.6) is 0 Å². The van der Waals surface area contributed by atoms with Crippen LogP contribution in [0.3, 0.4) is 0 Å². The summed E-state index contributed by atoms with van der Waals surface area (Å²) in [5.41, 5.74) is 5.66. The number of rotatable bonds is 7. The summed E-state index contributed by atoms with van der Waals surface area (Å²) in [6.07, 6.45) is 0.0215. The van der Waals surface area contributed by atoms with Crippen LogP contribution < -0.4 is 16.4 Å². The molecule has 2 unspecified atom stereocenters. The van der Waals surface area contributed by atoms with E-state index in [-0.39, 0.29) is 29.9 Å². The number of likely N-dealkylation sites (N-methyl/N-ethyl adjacent to an activating group) is 2. The first-order chi connectivity index (χ1) is 10.3. The fourth-order valence-electron chi connectivity index (χ4n) is 2.08. The van der Waals surface area contributed by atoms with Crippen molar-refractivity contribution in [3.05, 3.63) is 0 Å². The zero-order valence-electron chi connectivity index (χ0n) is 12.9. The number of hydrogen-bond acceptors (Lipinski definition) is 6. The monoisotopic (exact) mass is 330 g/mol. The molecule has 1 rings (SSSR count). The van der Waals surface area contributed by atoms with Crippen molar-refractivity contribution < 1.29 is 19.2 Å². The van der Waals surface area contributed by atoms with Gasteiger partial charge >= 0.3 is 0 Å². The molecule has 3 atom stereocenters. The van der Waals surface area contributed by atoms with Gasteiger partial charge in [-0.2, -0.15) is 0 Å². The average molecular weight is 330 g/mol. The smallest absolute Gasteiger partial charge is 0.243 e. The van der Waals surface area contributed by atoms with E-state index in [0.29, 0.717) is 6.54 Å². The van der Waals surface area contributed by atoms with Crippen LogP contribution in [0, 0.1) is 0 Å². The summed E-state index contributed by atoms with van der Waals surface area (Å²) in [6.45, 7) is 3.71. The quantitative estimate of drug-likeness (QED) is 0.486. The SMILES string of the molecule is CCNC(=O)C(C)N1C(=O)CC(SC[C@@H](N)C(=O)NC)C1=O. The van der Waals surface area contributed by atoms with Crippen LogP contribution in [0.1, 0.15) is 20.3 Å². The Labute approximate surface area is 133 Å². The molecule has 0 spiro atoms. The van der Waals surface area contributed by atoms with Crippen molar-refractivity contribution in [3.63, 3.8) is 0 Å². The molecule has 0 radical (unpaired) electrons. The van der Waals surface area contributed by atoms with Gasteiger partial charge in [-0.25, -0.2) is 0 Å². The lowest BCUT2D eigenvalue weighted by Crippen LogP contribution is -2.48. The molecule has 4 amide bonds. The largest absolute Gasteiger partial charge is 0.358 e. The maximum atomic E-state index is 12.3. The predicted octanol–water partition coefficient (Wildman–Crippen LogP) is -1.55. The Balaban J connectivity index is 2.64. The van der Waals surface area contributed by atoms with E-state index in [4.69, 9.17) is 5.73 Å². The van der Waals surface area contributed by atoms with Crippen molar-refractivity contribution >= 4 is 35.4 Å². The molecule has 22 heavy (non-hydrogen) atoms. The van der Waals surface area contributed by atoms with Crippen LogP contribution in [0.25, 0.3) is 0 Å². The van der Waals surface area contributed by atoms with Crippen molar-refractivity contribution in [2.45, 2.75) is 37.6 Å². The normalized spacial score (nSPS) is 20.7. The van der Waals surface area contributed by atoms with E-state index < -0.39 is 23.2 Å². The standard InChI is InChI=1S/C13H22N4O4S/c1-4-16-11(19)7(2)17-10(18)5-9(13(17)21)22-6-8(14)12(20)15-3/h7-9H,4-6,14H2,1-3H3,(H,15,20)(H,16,19)/t7?,8-,9?/m1/s1. The van der Waals surface area contributed by atoms with Gasteiger partial charge in [0, 0.05) is 25.8 Å². The van der Waals surface area contributed by atoms with Gasteiger partial charge in [0.05, 0.1) is 11.3 Å². The van der Waals surface area contributed by atoms with Gasteiger partial charge in [-0.15, -0.1) is 11.8 Å². The third-order valence-electron chi connectivity index (χ3n) is 3.32. The third-order valence-corrected chi connectivity index (χ3v) is 4.64. The van der Waals surface area contributed by atoms with Crippen molar-refractivity contribution in [2.75, 3.05) is 19.3 Å². The molecular formula is C13H22N4O4S. The number of amides is 4. The number of likely N-dealkylation sites (tertiary alicyclic amines) is 1. The first kappa shape index (κ1) is 18.4. The third kappa shape index (κ3) is 4.20. The van der Waals surface area contributed by atoms with Crippen molar-refractivity contribution in [1.82, 2.24) is 15.5 Å². The molecule has 1 saturated heterocycles. The lowest BCUT2D eigenvalue weighted by atomic mass is 10.2. The topological polar surface area (TPSA) is 122 Å². The van der Waals surface area contributed by atoms with Gasteiger partial charge in [-0.05, 0) is 13.8 Å². The van der Waals surface area contributed by atoms with Crippen LogP contribution in [-0.2, 0) is 19.2 Å². The van der Waals surface area contributed by atoms with Gasteiger partial charge in [0.2, 0.25) is 23.6 Å². The number of carbonyl (C=O) groups is 4. The van der Waals surface area contributed by atoms with E-state index in [9.17, 15) is 19.2 Å². The number of nitrogens with zero attached hydrogens (tertiary/aromatic N) is 1. The molecule has 9 heteroatoms. The minimum absolute atomic E-state index is 0.0215. The van der Waals surface area contributed by atoms with Crippen LogP contribution in [0.4, 0.5) is 0 Å². The molecule has 124 valence electrons. The summed E-state index contributed by atoms with van der Waals surface area (Å²) in [4.78, 5) is 48.4. The van der Waals surface area contributed by atoms with Crippen LogP contribution in [0.2, 0.25) is 0 Å². The molecule has 1 aliphatic heterocycles. The average Bonchev–Trinajstić information content (AvgIpc) is 2.77. The molecule has 0 bridgehead atoms. The first-order valence-corrected chi connectivity index (χ1v) is 8.10. The van der Waals surface area contributed by atoms with Crippen molar-refractivity contribution in [2.24, 2.45) is 5.73 Å². The van der Waals surface area contributed by atoms with Gasteiger partial charge in [-0.1, -0.05) is 0 Å². The molecule has 1 fully saturated rings. The van der Waals surface area contributed by atoms with Gasteiger partial charge < -0.3 is 16.4 Å². The summed E-state index contributed by atoms with van der Waals surface area (Å²) >= 11 is 1.16. The summed E-state index contributed by atoms with van der Waals surface area (Å²) < 4.78 is 0. The fraction of sp³-hybridized carbons (Fsp3) is 0.692. The van der Waals surface area contributed by atoms with Crippen LogP contribution in [-0.4, -0.2) is 65.2 Å². The fourth-order valence-corrected chi connectivity index (χ4v) is 3.19. The maximum Gasteiger partial charge on any atom is 0.243 e. The Hall–Kier alpha value is -1.61. The highest BCUT2D eigenvalue weighted by Gasteiger charge is 2.43. The lowest BCUT2D eigenvalue weighted by molar-refractivity contribution is -0.145. The minimum Gasteiger partial charge on any atom is -0.358 e. The highest BCUT2D eigenvalue weighted by molar-refractivity contribution is 8.00. The van der Waals surface area contributed by atoms with E-state index in [1.807, 2.05) is 0 Å². The van der Waals surface area contributed by atoms with Gasteiger partial charge in [-0.3, -0.25) is 24.1 Å². The van der Waals surface area contributed by atoms with Crippen LogP contribution in [0.15, 0.2) is 0 Å². The number of imide groups is 1. The zero-order chi connectivity index (χ0) is 16.9. The second-order valence-electron chi connectivity index (χ2n) is 4.92. The Morgan fingerprint density at radius 2 is 2.05 bits per heavy atom. The van der Waals surface area contributed by atoms with Gasteiger partial charge in [0.1, 0.15) is 6.04 Å². The van der Waals surface area contributed by atoms with E-state index in [1.165, 1.54) is 14.0 Å². The summed E-state index contributed by atoms with van der Waals surface area (Å²) in [5, 5.41) is 4.41. The number of carbonyl (C=O) groups excluding carboxylic acids is 4. The second-order valence-corrected chi connectivity index (χ2v) is 6.16. The molecule has 0 aromatic heterocycles. The number of nitrogens with two attached hydrogens (primary N) is 1. The highest BCUT2D eigenvalue weighted by atomic mass is 32.2. The predicted molar refractivity (Wildman–Crippen MR) is 82.9 cm³/mol. The number of thioether (sulfide) groups is 1. The molecule has 0 aliphatic carbocycles. The molecule has 1 heterocycles. The second kappa shape index (κ2) is 8.14. The van der Waals surface area contributed by atoms with Crippen molar-refractivity contribution in [3.8, 4) is 0 Å². The first-order valence-electron chi connectivity index (χ1n) is 7.05. The molecule has 8 nitrogen and oxygen atoms in total. The van der Waals surface area contributed by atoms with E-state index in [0.717, 1.165) is 16.7 Å². The molecule has 0 aromatic rings. The Kier molecular flexibility index (Phi) is 6.82. The summed E-state index contributed by atoms with van der Waals surface area (Å²) in [7, 11) is 1.48. The van der Waals surface area contributed by atoms with E-state index in [1.54, 1.807) is 6.92 Å². The van der Waals surface area contributed by atoms with Gasteiger partial charge in [0.15, 0.2) is 0 Å². The molecule has 4 N–H and O–H groups in total. The number of nitrogens with one attached hydrogen (secondary N) is 2. The van der Waals surface area contributed by atoms with Crippen molar-refractivity contribution in [1.29, 1.82) is 0 Å². The van der Waals surface area contributed by atoms with Crippen LogP contribution >= 0.6 is 11.8 Å². The Bertz CT molecular complexity index is 471. The maximum absolute atomic E-state index is 12.3. The molecule has 1 aliphatic rings. The number of hydrogen-bond donors (Lipinski definition) is 3. The molecule has 0 aromatic carbocycles. The molecule has 0 saturated carbocycles. The Morgan fingerprint density at radius 1 is 1.41 bits per heavy atom. The Morgan fingerprint density at radius 3 is 2.59 bits per heavy atom. The van der Waals surface area contributed by atoms with E-state index in [2.05, 4.69) is 10.6 Å². The lowest BCUT2D eigenvalue weighted by Gasteiger charge is -2.22. The molecular weight excluding hydrogens is 308 g/mol. The zero-order valence-corrected chi connectivity index (χ0v) is 13.7. The summed E-state index contributed by atoms with van der Waals surface area (Å²) in [6, 6.07) is -1.58. The van der Waals surface area contributed by atoms with Gasteiger partial charge in [0.25, 0.3) is 0 Å². The minimum atomic E-state index is -0.835. The van der Waals surface area contributed by atoms with E-state index >= 15 is 0 Å².